The fourth-order valence-corrected chi connectivity index (χ4v) is 3.16. The van der Waals surface area contributed by atoms with E-state index >= 15 is 0 Å². The minimum Gasteiger partial charge on any atom is -0.494 e. The summed E-state index contributed by atoms with van der Waals surface area (Å²) in [6.45, 7) is 5.26. The molecule has 3 nitrogen and oxygen atoms in total. The van der Waals surface area contributed by atoms with Crippen molar-refractivity contribution in [3.8, 4) is 17.1 Å². The van der Waals surface area contributed by atoms with Crippen LogP contribution >= 0.6 is 0 Å². The topological polar surface area (TPSA) is 35.0 Å². The lowest BCUT2D eigenvalue weighted by Gasteiger charge is -2.07. The number of nitrogens with zero attached hydrogens (tertiary/aromatic N) is 2. The molecule has 2 aromatic rings. The first kappa shape index (κ1) is 21.4. The molecule has 0 aliphatic rings. The number of unbranched alkanes of at least 4 members (excludes halogenated alkanes) is 8. The van der Waals surface area contributed by atoms with Crippen LogP contribution < -0.4 is 4.74 Å². The molecule has 0 N–H and O–H groups in total. The molecule has 0 amide bonds. The van der Waals surface area contributed by atoms with Crippen LogP contribution in [-0.4, -0.2) is 16.6 Å². The zero-order valence-electron chi connectivity index (χ0n) is 17.3. The molecule has 0 spiro atoms. The SMILES string of the molecule is CCCCCCCCCc1cnc(-c2ccc(OCCCCC)cc2)nc1. The molecular weight excluding hydrogens is 332 g/mol. The fourth-order valence-electron chi connectivity index (χ4n) is 3.16. The van der Waals surface area contributed by atoms with Gasteiger partial charge in [0, 0.05) is 18.0 Å². The maximum absolute atomic E-state index is 5.76. The van der Waals surface area contributed by atoms with Gasteiger partial charge in [0.25, 0.3) is 0 Å². The Kier molecular flexibility index (Phi) is 10.5. The average molecular weight is 369 g/mol. The molecular formula is C24H36N2O. The Bertz CT molecular complexity index is 607. The highest BCUT2D eigenvalue weighted by Crippen LogP contribution is 2.20. The van der Waals surface area contributed by atoms with Gasteiger partial charge in [-0.2, -0.15) is 0 Å². The molecule has 1 aromatic carbocycles. The third kappa shape index (κ3) is 8.55. The predicted octanol–water partition coefficient (Wildman–Crippen LogP) is 7.01. The monoisotopic (exact) mass is 368 g/mol. The number of aromatic nitrogens is 2. The number of aryl methyl sites for hydroxylation is 1. The van der Waals surface area contributed by atoms with Crippen LogP contribution in [0.3, 0.4) is 0 Å². The Morgan fingerprint density at radius 1 is 0.704 bits per heavy atom. The van der Waals surface area contributed by atoms with Crippen molar-refractivity contribution >= 4 is 0 Å². The van der Waals surface area contributed by atoms with Crippen LogP contribution in [0.4, 0.5) is 0 Å². The van der Waals surface area contributed by atoms with E-state index in [0.717, 1.165) is 36.6 Å². The highest BCUT2D eigenvalue weighted by molar-refractivity contribution is 5.55. The van der Waals surface area contributed by atoms with Gasteiger partial charge in [0.05, 0.1) is 6.61 Å². The van der Waals surface area contributed by atoms with Crippen LogP contribution in [0.1, 0.15) is 83.6 Å². The molecule has 148 valence electrons. The first-order valence-corrected chi connectivity index (χ1v) is 10.9. The van der Waals surface area contributed by atoms with Crippen molar-refractivity contribution in [2.45, 2.75) is 84.5 Å². The Morgan fingerprint density at radius 3 is 1.96 bits per heavy atom. The number of hydrogen-bond acceptors (Lipinski definition) is 3. The van der Waals surface area contributed by atoms with E-state index in [1.54, 1.807) is 0 Å². The lowest BCUT2D eigenvalue weighted by atomic mass is 10.1. The van der Waals surface area contributed by atoms with E-state index in [1.165, 1.54) is 63.4 Å². The number of rotatable bonds is 14. The van der Waals surface area contributed by atoms with E-state index in [-0.39, 0.29) is 0 Å². The maximum atomic E-state index is 5.76. The summed E-state index contributed by atoms with van der Waals surface area (Å²) in [5.74, 6) is 1.71. The van der Waals surface area contributed by atoms with E-state index in [1.807, 2.05) is 36.7 Å². The van der Waals surface area contributed by atoms with Crippen molar-refractivity contribution < 1.29 is 4.74 Å². The second-order valence-corrected chi connectivity index (χ2v) is 7.37. The third-order valence-electron chi connectivity index (χ3n) is 4.90. The highest BCUT2D eigenvalue weighted by atomic mass is 16.5. The summed E-state index contributed by atoms with van der Waals surface area (Å²) in [7, 11) is 0. The molecule has 0 aliphatic carbocycles. The molecule has 2 rings (SSSR count). The average Bonchev–Trinajstić information content (AvgIpc) is 2.71. The van der Waals surface area contributed by atoms with Crippen molar-refractivity contribution in [3.05, 3.63) is 42.2 Å². The second kappa shape index (κ2) is 13.3. The molecule has 27 heavy (non-hydrogen) atoms. The molecule has 0 saturated heterocycles. The molecule has 0 saturated carbocycles. The van der Waals surface area contributed by atoms with Gasteiger partial charge in [0.15, 0.2) is 5.82 Å². The summed E-state index contributed by atoms with van der Waals surface area (Å²) in [6.07, 6.45) is 17.9. The molecule has 3 heteroatoms. The summed E-state index contributed by atoms with van der Waals surface area (Å²) < 4.78 is 5.76. The van der Waals surface area contributed by atoms with Crippen LogP contribution in [0.5, 0.6) is 5.75 Å². The zero-order chi connectivity index (χ0) is 19.2. The van der Waals surface area contributed by atoms with Crippen LogP contribution in [0.15, 0.2) is 36.7 Å². The van der Waals surface area contributed by atoms with Gasteiger partial charge >= 0.3 is 0 Å². The zero-order valence-corrected chi connectivity index (χ0v) is 17.3. The smallest absolute Gasteiger partial charge is 0.159 e. The Balaban J connectivity index is 1.72. The van der Waals surface area contributed by atoms with E-state index in [0.29, 0.717) is 0 Å². The fraction of sp³-hybridized carbons (Fsp3) is 0.583. The predicted molar refractivity (Wildman–Crippen MR) is 114 cm³/mol. The Labute approximate surface area is 165 Å². The number of hydrogen-bond donors (Lipinski definition) is 0. The molecule has 1 heterocycles. The van der Waals surface area contributed by atoms with E-state index in [2.05, 4.69) is 23.8 Å². The standard InChI is InChI=1S/C24H36N2O/c1-3-5-7-8-9-10-11-13-21-19-25-24(26-20-21)22-14-16-23(17-15-22)27-18-12-6-4-2/h14-17,19-20H,3-13,18H2,1-2H3. The van der Waals surface area contributed by atoms with Crippen LogP contribution in [0.2, 0.25) is 0 Å². The lowest BCUT2D eigenvalue weighted by molar-refractivity contribution is 0.306. The molecule has 0 radical (unpaired) electrons. The van der Waals surface area contributed by atoms with Crippen molar-refractivity contribution in [2.24, 2.45) is 0 Å². The second-order valence-electron chi connectivity index (χ2n) is 7.37. The summed E-state index contributed by atoms with van der Waals surface area (Å²) in [6, 6.07) is 8.11. The lowest BCUT2D eigenvalue weighted by Crippen LogP contribution is -1.97. The molecule has 0 bridgehead atoms. The van der Waals surface area contributed by atoms with Gasteiger partial charge in [-0.05, 0) is 49.1 Å². The minimum atomic E-state index is 0.788. The van der Waals surface area contributed by atoms with Gasteiger partial charge < -0.3 is 4.74 Å². The normalized spacial score (nSPS) is 10.9. The van der Waals surface area contributed by atoms with Crippen LogP contribution in [0, 0.1) is 0 Å². The minimum absolute atomic E-state index is 0.788. The molecule has 0 aliphatic heterocycles. The van der Waals surface area contributed by atoms with Gasteiger partial charge in [-0.25, -0.2) is 9.97 Å². The highest BCUT2D eigenvalue weighted by Gasteiger charge is 2.03. The first-order valence-electron chi connectivity index (χ1n) is 10.9. The van der Waals surface area contributed by atoms with Gasteiger partial charge in [-0.15, -0.1) is 0 Å². The van der Waals surface area contributed by atoms with Gasteiger partial charge in [-0.3, -0.25) is 0 Å². The Hall–Kier alpha value is -1.90. The van der Waals surface area contributed by atoms with E-state index < -0.39 is 0 Å². The van der Waals surface area contributed by atoms with Crippen molar-refractivity contribution in [3.63, 3.8) is 0 Å². The molecule has 0 fully saturated rings. The van der Waals surface area contributed by atoms with Crippen molar-refractivity contribution in [2.75, 3.05) is 6.61 Å². The van der Waals surface area contributed by atoms with E-state index in [9.17, 15) is 0 Å². The van der Waals surface area contributed by atoms with Crippen molar-refractivity contribution in [1.82, 2.24) is 9.97 Å². The van der Waals surface area contributed by atoms with Gasteiger partial charge in [0.1, 0.15) is 5.75 Å². The maximum Gasteiger partial charge on any atom is 0.159 e. The summed E-state index contributed by atoms with van der Waals surface area (Å²) in [4.78, 5) is 9.11. The number of benzene rings is 1. The quantitative estimate of drug-likeness (QED) is 0.336. The molecule has 1 aromatic heterocycles. The summed E-state index contributed by atoms with van der Waals surface area (Å²) >= 11 is 0. The molecule has 0 atom stereocenters. The first-order chi connectivity index (χ1) is 13.3. The molecule has 0 unspecified atom stereocenters. The van der Waals surface area contributed by atoms with Gasteiger partial charge in [-0.1, -0.05) is 65.2 Å². The van der Waals surface area contributed by atoms with Crippen LogP contribution in [-0.2, 0) is 6.42 Å². The summed E-state index contributed by atoms with van der Waals surface area (Å²) in [5, 5.41) is 0. The Morgan fingerprint density at radius 2 is 1.30 bits per heavy atom. The van der Waals surface area contributed by atoms with Crippen molar-refractivity contribution in [1.29, 1.82) is 0 Å². The largest absolute Gasteiger partial charge is 0.494 e. The third-order valence-corrected chi connectivity index (χ3v) is 4.90. The van der Waals surface area contributed by atoms with E-state index in [4.69, 9.17) is 4.74 Å². The number of ether oxygens (including phenoxy) is 1. The van der Waals surface area contributed by atoms with Gasteiger partial charge in [0.2, 0.25) is 0 Å². The van der Waals surface area contributed by atoms with Crippen LogP contribution in [0.25, 0.3) is 11.4 Å². The summed E-state index contributed by atoms with van der Waals surface area (Å²) in [5.41, 5.74) is 2.28.